The third-order valence-electron chi connectivity index (χ3n) is 6.41. The van der Waals surface area contributed by atoms with Gasteiger partial charge in [0.05, 0.1) is 11.4 Å². The van der Waals surface area contributed by atoms with E-state index in [9.17, 15) is 18.0 Å². The summed E-state index contributed by atoms with van der Waals surface area (Å²) in [6.07, 6.45) is 0.240. The van der Waals surface area contributed by atoms with Gasteiger partial charge < -0.3 is 19.7 Å². The van der Waals surface area contributed by atoms with Crippen molar-refractivity contribution in [2.75, 3.05) is 30.4 Å². The Balaban J connectivity index is 1.72. The van der Waals surface area contributed by atoms with Crippen LogP contribution in [-0.4, -0.2) is 57.3 Å². The summed E-state index contributed by atoms with van der Waals surface area (Å²) in [4.78, 5) is 28.6. The maximum Gasteiger partial charge on any atom is 0.244 e. The molecule has 9 nitrogen and oxygen atoms in total. The molecule has 0 fully saturated rings. The molecule has 1 aliphatic rings. The van der Waals surface area contributed by atoms with Gasteiger partial charge in [0.15, 0.2) is 11.5 Å². The zero-order valence-electron chi connectivity index (χ0n) is 21.7. The second kappa shape index (κ2) is 12.4. The van der Waals surface area contributed by atoms with E-state index >= 15 is 0 Å². The third-order valence-corrected chi connectivity index (χ3v) is 8.40. The van der Waals surface area contributed by atoms with Crippen LogP contribution in [0, 0.1) is 0 Å². The van der Waals surface area contributed by atoms with Crippen LogP contribution in [0.25, 0.3) is 0 Å². The van der Waals surface area contributed by atoms with Crippen molar-refractivity contribution in [3.63, 3.8) is 0 Å². The van der Waals surface area contributed by atoms with Gasteiger partial charge in [0.25, 0.3) is 0 Å². The molecular formula is C28H30ClN3O6S. The number of nitrogens with zero attached hydrogens (tertiary/aromatic N) is 2. The molecule has 39 heavy (non-hydrogen) atoms. The lowest BCUT2D eigenvalue weighted by atomic mass is 10.0. The van der Waals surface area contributed by atoms with E-state index < -0.39 is 28.5 Å². The van der Waals surface area contributed by atoms with Gasteiger partial charge in [-0.1, -0.05) is 54.1 Å². The SMILES string of the molecule is CCS(=O)(=O)N(CC(=O)N(Cc1ccc(Cl)cc1)[C@H](Cc1ccccc1)C(=O)NC)c1ccc2c(c1)OCO2. The van der Waals surface area contributed by atoms with Gasteiger partial charge in [0, 0.05) is 31.1 Å². The minimum absolute atomic E-state index is 0.0282. The summed E-state index contributed by atoms with van der Waals surface area (Å²) >= 11 is 6.06. The highest BCUT2D eigenvalue weighted by atomic mass is 35.5. The molecule has 0 aromatic heterocycles. The van der Waals surface area contributed by atoms with Gasteiger partial charge in [0.1, 0.15) is 12.6 Å². The molecule has 206 valence electrons. The van der Waals surface area contributed by atoms with Crippen LogP contribution in [0.5, 0.6) is 11.5 Å². The maximum absolute atomic E-state index is 14.0. The lowest BCUT2D eigenvalue weighted by molar-refractivity contribution is -0.139. The molecule has 0 aliphatic carbocycles. The van der Waals surface area contributed by atoms with E-state index in [2.05, 4.69) is 5.32 Å². The fourth-order valence-corrected chi connectivity index (χ4v) is 5.45. The number of fused-ring (bicyclic) bond motifs is 1. The summed E-state index contributed by atoms with van der Waals surface area (Å²) in [6, 6.07) is 20.1. The number of halogens is 1. The van der Waals surface area contributed by atoms with E-state index in [0.29, 0.717) is 16.5 Å². The predicted molar refractivity (Wildman–Crippen MR) is 149 cm³/mol. The Kier molecular flexibility index (Phi) is 8.98. The van der Waals surface area contributed by atoms with Gasteiger partial charge in [-0.3, -0.25) is 13.9 Å². The molecule has 1 N–H and O–H groups in total. The lowest BCUT2D eigenvalue weighted by Crippen LogP contribution is -2.53. The zero-order chi connectivity index (χ0) is 28.0. The molecule has 3 aromatic rings. The van der Waals surface area contributed by atoms with Crippen LogP contribution >= 0.6 is 11.6 Å². The number of hydrogen-bond donors (Lipinski definition) is 1. The number of benzene rings is 3. The van der Waals surface area contributed by atoms with Crippen LogP contribution in [0.4, 0.5) is 5.69 Å². The van der Waals surface area contributed by atoms with Crippen LogP contribution in [0.1, 0.15) is 18.1 Å². The molecule has 2 amide bonds. The fraction of sp³-hybridized carbons (Fsp3) is 0.286. The quantitative estimate of drug-likeness (QED) is 0.377. The largest absolute Gasteiger partial charge is 0.454 e. The molecule has 0 saturated heterocycles. The molecule has 3 aromatic carbocycles. The maximum atomic E-state index is 14.0. The molecule has 0 bridgehead atoms. The average molecular weight is 572 g/mol. The number of rotatable bonds is 11. The molecule has 0 spiro atoms. The van der Waals surface area contributed by atoms with Crippen molar-refractivity contribution in [3.05, 3.63) is 88.9 Å². The topological polar surface area (TPSA) is 105 Å². The van der Waals surface area contributed by atoms with Gasteiger partial charge >= 0.3 is 0 Å². The monoisotopic (exact) mass is 571 g/mol. The van der Waals surface area contributed by atoms with E-state index in [1.807, 2.05) is 30.3 Å². The standard InChI is InChI=1S/C28H30ClN3O6S/c1-3-39(35,36)32(23-13-14-25-26(16-23)38-19-37-25)18-27(33)31(17-21-9-11-22(29)12-10-21)24(28(34)30-2)15-20-7-5-4-6-8-20/h4-14,16,24H,3,15,17-19H2,1-2H3,(H,30,34)/t24-/m1/s1. The number of ether oxygens (including phenoxy) is 2. The molecule has 0 saturated carbocycles. The molecule has 0 radical (unpaired) electrons. The Bertz CT molecular complexity index is 1420. The number of anilines is 1. The third kappa shape index (κ3) is 6.82. The Labute approximate surface area is 233 Å². The number of carbonyl (C=O) groups excluding carboxylic acids is 2. The number of sulfonamides is 1. The number of likely N-dealkylation sites (N-methyl/N-ethyl adjacent to an activating group) is 1. The first kappa shape index (κ1) is 28.3. The molecule has 1 heterocycles. The summed E-state index contributed by atoms with van der Waals surface area (Å²) in [5, 5.41) is 3.19. The summed E-state index contributed by atoms with van der Waals surface area (Å²) in [5.41, 5.74) is 1.86. The van der Waals surface area contributed by atoms with Crippen molar-refractivity contribution in [1.29, 1.82) is 0 Å². The first-order chi connectivity index (χ1) is 18.7. The normalized spacial score (nSPS) is 13.0. The van der Waals surface area contributed by atoms with Gasteiger partial charge in [-0.05, 0) is 42.3 Å². The van der Waals surface area contributed by atoms with Crippen LogP contribution in [0.2, 0.25) is 5.02 Å². The van der Waals surface area contributed by atoms with Crippen LogP contribution in [-0.2, 0) is 32.6 Å². The number of carbonyl (C=O) groups is 2. The van der Waals surface area contributed by atoms with Gasteiger partial charge in [-0.15, -0.1) is 0 Å². The first-order valence-electron chi connectivity index (χ1n) is 12.4. The molecular weight excluding hydrogens is 542 g/mol. The van der Waals surface area contributed by atoms with Crippen molar-refractivity contribution >= 4 is 39.1 Å². The minimum Gasteiger partial charge on any atom is -0.454 e. The van der Waals surface area contributed by atoms with Crippen LogP contribution in [0.15, 0.2) is 72.8 Å². The van der Waals surface area contributed by atoms with E-state index in [4.69, 9.17) is 21.1 Å². The highest BCUT2D eigenvalue weighted by Gasteiger charge is 2.33. The molecule has 1 atom stereocenters. The van der Waals surface area contributed by atoms with Crippen molar-refractivity contribution in [2.24, 2.45) is 0 Å². The Hall–Kier alpha value is -3.76. The van der Waals surface area contributed by atoms with E-state index in [-0.39, 0.29) is 37.1 Å². The highest BCUT2D eigenvalue weighted by Crippen LogP contribution is 2.36. The highest BCUT2D eigenvalue weighted by molar-refractivity contribution is 7.92. The van der Waals surface area contributed by atoms with Gasteiger partial charge in [-0.25, -0.2) is 8.42 Å². The summed E-state index contributed by atoms with van der Waals surface area (Å²) < 4.78 is 38.2. The molecule has 1 aliphatic heterocycles. The van der Waals surface area contributed by atoms with Crippen molar-refractivity contribution in [3.8, 4) is 11.5 Å². The number of nitrogens with one attached hydrogen (secondary N) is 1. The van der Waals surface area contributed by atoms with Crippen molar-refractivity contribution in [1.82, 2.24) is 10.2 Å². The Morgan fingerprint density at radius 1 is 0.974 bits per heavy atom. The summed E-state index contributed by atoms with van der Waals surface area (Å²) in [6.45, 7) is 1.10. The number of hydrogen-bond acceptors (Lipinski definition) is 6. The van der Waals surface area contributed by atoms with Crippen LogP contribution < -0.4 is 19.1 Å². The molecule has 0 unspecified atom stereocenters. The second-order valence-corrected chi connectivity index (χ2v) is 11.5. The minimum atomic E-state index is -3.88. The van der Waals surface area contributed by atoms with Gasteiger partial charge in [0.2, 0.25) is 28.6 Å². The average Bonchev–Trinajstić information content (AvgIpc) is 3.42. The van der Waals surface area contributed by atoms with E-state index in [1.54, 1.807) is 36.4 Å². The Morgan fingerprint density at radius 3 is 2.33 bits per heavy atom. The Morgan fingerprint density at radius 2 is 1.67 bits per heavy atom. The smallest absolute Gasteiger partial charge is 0.244 e. The predicted octanol–water partition coefficient (Wildman–Crippen LogP) is 3.61. The number of amides is 2. The van der Waals surface area contributed by atoms with Crippen molar-refractivity contribution < 1.29 is 27.5 Å². The molecule has 11 heteroatoms. The summed E-state index contributed by atoms with van der Waals surface area (Å²) in [5.74, 6) is -0.250. The summed E-state index contributed by atoms with van der Waals surface area (Å²) in [7, 11) is -2.37. The van der Waals surface area contributed by atoms with Gasteiger partial charge in [-0.2, -0.15) is 0 Å². The fourth-order valence-electron chi connectivity index (χ4n) is 4.27. The van der Waals surface area contributed by atoms with E-state index in [0.717, 1.165) is 15.4 Å². The first-order valence-corrected chi connectivity index (χ1v) is 14.4. The zero-order valence-corrected chi connectivity index (χ0v) is 23.2. The van der Waals surface area contributed by atoms with E-state index in [1.165, 1.54) is 24.9 Å². The second-order valence-electron chi connectivity index (χ2n) is 8.91. The lowest BCUT2D eigenvalue weighted by Gasteiger charge is -2.33. The van der Waals surface area contributed by atoms with Crippen molar-refractivity contribution in [2.45, 2.75) is 25.9 Å². The molecule has 4 rings (SSSR count). The van der Waals surface area contributed by atoms with Crippen LogP contribution in [0.3, 0.4) is 0 Å².